The topological polar surface area (TPSA) is 47.6 Å². The van der Waals surface area contributed by atoms with Crippen molar-refractivity contribution in [2.75, 3.05) is 18.5 Å². The van der Waals surface area contributed by atoms with Gasteiger partial charge in [0.15, 0.2) is 11.5 Å². The molecule has 1 heterocycles. The minimum Gasteiger partial charge on any atom is -0.489 e. The summed E-state index contributed by atoms with van der Waals surface area (Å²) in [4.78, 5) is 12.2. The van der Waals surface area contributed by atoms with E-state index in [-0.39, 0.29) is 16.3 Å². The third-order valence-electron chi connectivity index (χ3n) is 3.24. The third-order valence-corrected chi connectivity index (χ3v) is 3.52. The van der Waals surface area contributed by atoms with Crippen molar-refractivity contribution in [1.82, 2.24) is 0 Å². The quantitative estimate of drug-likeness (QED) is 0.898. The van der Waals surface area contributed by atoms with Crippen molar-refractivity contribution >= 4 is 23.2 Å². The van der Waals surface area contributed by atoms with Gasteiger partial charge in [-0.05, 0) is 24.3 Å². The van der Waals surface area contributed by atoms with Gasteiger partial charge in [-0.2, -0.15) is 0 Å². The SMILES string of the molecule is O=C(Nc1ccc(F)cc1F)c1cc(Cl)c2c(c1)OCCCO2. The Morgan fingerprint density at radius 1 is 1.13 bits per heavy atom. The molecular weight excluding hydrogens is 328 g/mol. The molecule has 23 heavy (non-hydrogen) atoms. The molecule has 0 spiro atoms. The molecule has 0 bridgehead atoms. The van der Waals surface area contributed by atoms with Gasteiger partial charge in [0.05, 0.1) is 23.9 Å². The first-order chi connectivity index (χ1) is 11.0. The Bertz CT molecular complexity index is 767. The highest BCUT2D eigenvalue weighted by molar-refractivity contribution is 6.32. The number of hydrogen-bond donors (Lipinski definition) is 1. The second kappa shape index (κ2) is 6.42. The van der Waals surface area contributed by atoms with E-state index in [1.807, 2.05) is 0 Å². The van der Waals surface area contributed by atoms with Crippen molar-refractivity contribution in [3.05, 3.63) is 52.6 Å². The summed E-state index contributed by atoms with van der Waals surface area (Å²) in [6.45, 7) is 0.917. The van der Waals surface area contributed by atoms with Crippen LogP contribution in [0.4, 0.5) is 14.5 Å². The Labute approximate surface area is 136 Å². The van der Waals surface area contributed by atoms with Crippen LogP contribution in [0.5, 0.6) is 11.5 Å². The predicted molar refractivity (Wildman–Crippen MR) is 81.4 cm³/mol. The first-order valence-corrected chi connectivity index (χ1v) is 7.28. The Kier molecular flexibility index (Phi) is 4.34. The molecule has 1 amide bonds. The number of carbonyl (C=O) groups is 1. The van der Waals surface area contributed by atoms with Crippen LogP contribution < -0.4 is 14.8 Å². The monoisotopic (exact) mass is 339 g/mol. The van der Waals surface area contributed by atoms with Crippen LogP contribution in [-0.2, 0) is 0 Å². The van der Waals surface area contributed by atoms with Gasteiger partial charge in [-0.1, -0.05) is 11.6 Å². The average Bonchev–Trinajstić information content (AvgIpc) is 2.75. The summed E-state index contributed by atoms with van der Waals surface area (Å²) in [7, 11) is 0. The lowest BCUT2D eigenvalue weighted by molar-refractivity contribution is 0.102. The van der Waals surface area contributed by atoms with E-state index in [9.17, 15) is 13.6 Å². The molecule has 0 saturated carbocycles. The smallest absolute Gasteiger partial charge is 0.255 e. The van der Waals surface area contributed by atoms with Crippen LogP contribution in [0.3, 0.4) is 0 Å². The minimum atomic E-state index is -0.862. The fraction of sp³-hybridized carbons (Fsp3) is 0.188. The number of rotatable bonds is 2. The zero-order chi connectivity index (χ0) is 16.4. The summed E-state index contributed by atoms with van der Waals surface area (Å²) in [5, 5.41) is 2.60. The van der Waals surface area contributed by atoms with E-state index in [1.165, 1.54) is 12.1 Å². The first-order valence-electron chi connectivity index (χ1n) is 6.90. The minimum absolute atomic E-state index is 0.125. The lowest BCUT2D eigenvalue weighted by Gasteiger charge is -2.12. The Morgan fingerprint density at radius 2 is 1.91 bits per heavy atom. The van der Waals surface area contributed by atoms with Crippen molar-refractivity contribution in [1.29, 1.82) is 0 Å². The molecular formula is C16H12ClF2NO3. The number of carbonyl (C=O) groups excluding carboxylic acids is 1. The highest BCUT2D eigenvalue weighted by Gasteiger charge is 2.19. The maximum atomic E-state index is 13.6. The van der Waals surface area contributed by atoms with Crippen LogP contribution in [0.15, 0.2) is 30.3 Å². The van der Waals surface area contributed by atoms with E-state index < -0.39 is 17.5 Å². The first kappa shape index (κ1) is 15.6. The van der Waals surface area contributed by atoms with E-state index in [0.29, 0.717) is 37.2 Å². The number of benzene rings is 2. The van der Waals surface area contributed by atoms with Crippen molar-refractivity contribution < 1.29 is 23.0 Å². The number of amides is 1. The zero-order valence-electron chi connectivity index (χ0n) is 11.9. The number of halogens is 3. The number of fused-ring (bicyclic) bond motifs is 1. The van der Waals surface area contributed by atoms with Crippen LogP contribution in [-0.4, -0.2) is 19.1 Å². The highest BCUT2D eigenvalue weighted by Crippen LogP contribution is 2.38. The van der Waals surface area contributed by atoms with E-state index in [4.69, 9.17) is 21.1 Å². The Morgan fingerprint density at radius 3 is 2.70 bits per heavy atom. The van der Waals surface area contributed by atoms with Gasteiger partial charge in [0, 0.05) is 18.1 Å². The molecule has 7 heteroatoms. The van der Waals surface area contributed by atoms with Crippen LogP contribution in [0.1, 0.15) is 16.8 Å². The van der Waals surface area contributed by atoms with Crippen molar-refractivity contribution in [3.8, 4) is 11.5 Å². The molecule has 0 radical (unpaired) electrons. The van der Waals surface area contributed by atoms with Gasteiger partial charge >= 0.3 is 0 Å². The molecule has 1 aliphatic rings. The zero-order valence-corrected chi connectivity index (χ0v) is 12.6. The van der Waals surface area contributed by atoms with Gasteiger partial charge in [-0.15, -0.1) is 0 Å². The van der Waals surface area contributed by atoms with Crippen molar-refractivity contribution in [3.63, 3.8) is 0 Å². The van der Waals surface area contributed by atoms with Crippen molar-refractivity contribution in [2.24, 2.45) is 0 Å². The van der Waals surface area contributed by atoms with Gasteiger partial charge in [-0.25, -0.2) is 8.78 Å². The molecule has 4 nitrogen and oxygen atoms in total. The number of hydrogen-bond acceptors (Lipinski definition) is 3. The average molecular weight is 340 g/mol. The van der Waals surface area contributed by atoms with Crippen LogP contribution >= 0.6 is 11.6 Å². The lowest BCUT2D eigenvalue weighted by atomic mass is 10.1. The fourth-order valence-electron chi connectivity index (χ4n) is 2.15. The normalized spacial score (nSPS) is 13.3. The predicted octanol–water partition coefficient (Wildman–Crippen LogP) is 4.03. The van der Waals surface area contributed by atoms with Crippen LogP contribution in [0.25, 0.3) is 0 Å². The second-order valence-corrected chi connectivity index (χ2v) is 5.32. The van der Waals surface area contributed by atoms with E-state index in [0.717, 1.165) is 12.1 Å². The molecule has 0 aromatic heterocycles. The van der Waals surface area contributed by atoms with Crippen LogP contribution in [0.2, 0.25) is 5.02 Å². The van der Waals surface area contributed by atoms with Crippen molar-refractivity contribution in [2.45, 2.75) is 6.42 Å². The highest BCUT2D eigenvalue weighted by atomic mass is 35.5. The molecule has 2 aromatic carbocycles. The standard InChI is InChI=1S/C16H12ClF2NO3/c17-11-6-9(7-14-15(11)23-5-1-4-22-14)16(21)20-13-3-2-10(18)8-12(13)19/h2-3,6-8H,1,4-5H2,(H,20,21). The summed E-state index contributed by atoms with van der Waals surface area (Å²) >= 11 is 6.11. The summed E-state index contributed by atoms with van der Waals surface area (Å²) in [6.07, 6.45) is 0.702. The maximum absolute atomic E-state index is 13.6. The summed E-state index contributed by atoms with van der Waals surface area (Å²) in [5.74, 6) is -1.43. The summed E-state index contributed by atoms with van der Waals surface area (Å²) < 4.78 is 37.5. The second-order valence-electron chi connectivity index (χ2n) is 4.91. The molecule has 3 rings (SSSR count). The summed E-state index contributed by atoms with van der Waals surface area (Å²) in [5.41, 5.74) is 0.0580. The Balaban J connectivity index is 1.87. The van der Waals surface area contributed by atoms with Gasteiger partial charge in [0.1, 0.15) is 11.6 Å². The molecule has 2 aromatic rings. The fourth-order valence-corrected chi connectivity index (χ4v) is 2.41. The Hall–Kier alpha value is -2.34. The van der Waals surface area contributed by atoms with E-state index in [1.54, 1.807) is 0 Å². The van der Waals surface area contributed by atoms with Gasteiger partial charge in [0.25, 0.3) is 5.91 Å². The molecule has 0 unspecified atom stereocenters. The maximum Gasteiger partial charge on any atom is 0.255 e. The molecule has 0 atom stereocenters. The molecule has 0 aliphatic carbocycles. The molecule has 1 aliphatic heterocycles. The van der Waals surface area contributed by atoms with Gasteiger partial charge in [0.2, 0.25) is 0 Å². The molecule has 1 N–H and O–H groups in total. The molecule has 0 saturated heterocycles. The third kappa shape index (κ3) is 3.37. The van der Waals surface area contributed by atoms with Gasteiger partial charge in [-0.3, -0.25) is 4.79 Å². The van der Waals surface area contributed by atoms with E-state index >= 15 is 0 Å². The van der Waals surface area contributed by atoms with Crippen LogP contribution in [0, 0.1) is 11.6 Å². The molecule has 120 valence electrons. The molecule has 0 fully saturated rings. The summed E-state index contributed by atoms with van der Waals surface area (Å²) in [6, 6.07) is 5.78. The number of nitrogens with one attached hydrogen (secondary N) is 1. The number of anilines is 1. The largest absolute Gasteiger partial charge is 0.489 e. The lowest BCUT2D eigenvalue weighted by Crippen LogP contribution is -2.13. The van der Waals surface area contributed by atoms with Gasteiger partial charge < -0.3 is 14.8 Å². The number of ether oxygens (including phenoxy) is 2. The van der Waals surface area contributed by atoms with E-state index in [2.05, 4.69) is 5.32 Å².